The van der Waals surface area contributed by atoms with Gasteiger partial charge in [0.1, 0.15) is 19.0 Å². The topological polar surface area (TPSA) is 55.8 Å². The molecular weight excluding hydrogens is 345 g/mol. The van der Waals surface area contributed by atoms with Crippen molar-refractivity contribution in [1.82, 2.24) is 4.31 Å². The molecule has 7 heteroatoms. The van der Waals surface area contributed by atoms with Crippen LogP contribution in [0.2, 0.25) is 0 Å². The van der Waals surface area contributed by atoms with Crippen LogP contribution in [0.4, 0.5) is 4.39 Å². The smallest absolute Gasteiger partial charge is 0.243 e. The number of hydrogen-bond donors (Lipinski definition) is 0. The van der Waals surface area contributed by atoms with Gasteiger partial charge in [-0.1, -0.05) is 0 Å². The van der Waals surface area contributed by atoms with E-state index in [0.717, 1.165) is 16.9 Å². The second-order valence-corrected chi connectivity index (χ2v) is 8.17. The van der Waals surface area contributed by atoms with Crippen LogP contribution in [-0.4, -0.2) is 32.5 Å². The maximum absolute atomic E-state index is 13.3. The highest BCUT2D eigenvalue weighted by Crippen LogP contribution is 2.36. The highest BCUT2D eigenvalue weighted by atomic mass is 32.2. The van der Waals surface area contributed by atoms with Gasteiger partial charge < -0.3 is 9.47 Å². The second-order valence-electron chi connectivity index (χ2n) is 6.26. The fourth-order valence-electron chi connectivity index (χ4n) is 3.31. The second kappa shape index (κ2) is 6.00. The molecular formula is C18H18FNO4S. The molecule has 0 radical (unpaired) electrons. The number of nitrogens with zero attached hydrogens (tertiary/aromatic N) is 1. The van der Waals surface area contributed by atoms with Crippen LogP contribution in [0.1, 0.15) is 16.7 Å². The molecule has 0 aliphatic carbocycles. The molecule has 0 amide bonds. The van der Waals surface area contributed by atoms with E-state index in [1.54, 1.807) is 6.92 Å². The minimum Gasteiger partial charge on any atom is -0.486 e. The van der Waals surface area contributed by atoms with E-state index in [0.29, 0.717) is 37.5 Å². The van der Waals surface area contributed by atoms with Crippen molar-refractivity contribution in [2.45, 2.75) is 24.8 Å². The van der Waals surface area contributed by atoms with E-state index in [9.17, 15) is 12.8 Å². The average molecular weight is 363 g/mol. The summed E-state index contributed by atoms with van der Waals surface area (Å²) in [5.41, 5.74) is 2.40. The van der Waals surface area contributed by atoms with E-state index < -0.39 is 15.8 Å². The molecule has 0 atom stereocenters. The monoisotopic (exact) mass is 363 g/mol. The Balaban J connectivity index is 1.67. The SMILES string of the molecule is Cc1cc(F)ccc1S(=O)(=O)N1CCc2cc3c(cc2C1)OCCO3. The first-order valence-electron chi connectivity index (χ1n) is 8.13. The lowest BCUT2D eigenvalue weighted by atomic mass is 10.00. The van der Waals surface area contributed by atoms with Crippen LogP contribution in [0.5, 0.6) is 11.5 Å². The molecule has 4 rings (SSSR count). The zero-order valence-electron chi connectivity index (χ0n) is 13.8. The third kappa shape index (κ3) is 2.87. The number of hydrogen-bond acceptors (Lipinski definition) is 4. The Hall–Kier alpha value is -2.12. The van der Waals surface area contributed by atoms with Gasteiger partial charge in [0.05, 0.1) is 4.90 Å². The van der Waals surface area contributed by atoms with Gasteiger partial charge in [-0.3, -0.25) is 0 Å². The third-order valence-corrected chi connectivity index (χ3v) is 6.60. The highest BCUT2D eigenvalue weighted by molar-refractivity contribution is 7.89. The van der Waals surface area contributed by atoms with Crippen molar-refractivity contribution in [2.24, 2.45) is 0 Å². The van der Waals surface area contributed by atoms with Crippen molar-refractivity contribution in [3.63, 3.8) is 0 Å². The minimum absolute atomic E-state index is 0.148. The van der Waals surface area contributed by atoms with E-state index in [4.69, 9.17) is 9.47 Å². The van der Waals surface area contributed by atoms with Crippen molar-refractivity contribution >= 4 is 10.0 Å². The van der Waals surface area contributed by atoms with Crippen molar-refractivity contribution < 1.29 is 22.3 Å². The molecule has 0 saturated carbocycles. The summed E-state index contributed by atoms with van der Waals surface area (Å²) in [6, 6.07) is 7.56. The van der Waals surface area contributed by atoms with Crippen LogP contribution in [0.15, 0.2) is 35.2 Å². The van der Waals surface area contributed by atoms with E-state index in [2.05, 4.69) is 0 Å². The molecule has 132 valence electrons. The van der Waals surface area contributed by atoms with Crippen LogP contribution in [0.3, 0.4) is 0 Å². The maximum atomic E-state index is 13.3. The van der Waals surface area contributed by atoms with Crippen LogP contribution < -0.4 is 9.47 Å². The predicted octanol–water partition coefficient (Wildman–Crippen LogP) is 2.65. The molecule has 2 aliphatic heterocycles. The molecule has 0 fully saturated rings. The summed E-state index contributed by atoms with van der Waals surface area (Å²) in [4.78, 5) is 0.148. The summed E-state index contributed by atoms with van der Waals surface area (Å²) >= 11 is 0. The number of sulfonamides is 1. The molecule has 25 heavy (non-hydrogen) atoms. The van der Waals surface area contributed by atoms with Crippen molar-refractivity contribution in [3.8, 4) is 11.5 Å². The zero-order chi connectivity index (χ0) is 17.6. The Labute approximate surface area is 146 Å². The Morgan fingerprint density at radius 3 is 2.40 bits per heavy atom. The lowest BCUT2D eigenvalue weighted by Gasteiger charge is -2.30. The summed E-state index contributed by atoms with van der Waals surface area (Å²) in [5, 5.41) is 0. The largest absolute Gasteiger partial charge is 0.486 e. The van der Waals surface area contributed by atoms with Crippen molar-refractivity contribution in [3.05, 3.63) is 52.8 Å². The minimum atomic E-state index is -3.68. The van der Waals surface area contributed by atoms with Gasteiger partial charge in [0.15, 0.2) is 11.5 Å². The number of fused-ring (bicyclic) bond motifs is 2. The van der Waals surface area contributed by atoms with Gasteiger partial charge in [0.2, 0.25) is 10.0 Å². The maximum Gasteiger partial charge on any atom is 0.243 e. The number of aryl methyl sites for hydroxylation is 1. The van der Waals surface area contributed by atoms with Crippen LogP contribution in [0.25, 0.3) is 0 Å². The zero-order valence-corrected chi connectivity index (χ0v) is 14.6. The molecule has 5 nitrogen and oxygen atoms in total. The quantitative estimate of drug-likeness (QED) is 0.823. The van der Waals surface area contributed by atoms with Gasteiger partial charge >= 0.3 is 0 Å². The van der Waals surface area contributed by atoms with Gasteiger partial charge in [-0.15, -0.1) is 0 Å². The summed E-state index contributed by atoms with van der Waals surface area (Å²) in [7, 11) is -3.68. The molecule has 2 heterocycles. The first kappa shape index (κ1) is 16.4. The van der Waals surface area contributed by atoms with E-state index in [1.807, 2.05) is 12.1 Å². The highest BCUT2D eigenvalue weighted by Gasteiger charge is 2.30. The summed E-state index contributed by atoms with van der Waals surface area (Å²) in [6.07, 6.45) is 0.603. The standard InChI is InChI=1S/C18H18FNO4S/c1-12-8-15(19)2-3-18(12)25(21,22)20-5-4-13-9-16-17(10-14(13)11-20)24-7-6-23-16/h2-3,8-10H,4-7,11H2,1H3. The predicted molar refractivity (Wildman–Crippen MR) is 89.9 cm³/mol. The van der Waals surface area contributed by atoms with Gasteiger partial charge in [-0.05, 0) is 60.4 Å². The van der Waals surface area contributed by atoms with Crippen LogP contribution in [-0.2, 0) is 23.0 Å². The fraction of sp³-hybridized carbons (Fsp3) is 0.333. The fourth-order valence-corrected chi connectivity index (χ4v) is 4.94. The van der Waals surface area contributed by atoms with Gasteiger partial charge in [-0.2, -0.15) is 4.31 Å². The summed E-state index contributed by atoms with van der Waals surface area (Å²) in [5.74, 6) is 0.933. The molecule has 0 saturated heterocycles. The third-order valence-electron chi connectivity index (χ3n) is 4.60. The molecule has 2 aromatic rings. The first-order valence-corrected chi connectivity index (χ1v) is 9.57. The number of benzene rings is 2. The molecule has 0 unspecified atom stereocenters. The lowest BCUT2D eigenvalue weighted by molar-refractivity contribution is 0.171. The molecule has 0 bridgehead atoms. The van der Waals surface area contributed by atoms with Crippen molar-refractivity contribution in [1.29, 1.82) is 0 Å². The Morgan fingerprint density at radius 2 is 1.72 bits per heavy atom. The molecule has 2 aliphatic rings. The van der Waals surface area contributed by atoms with Gasteiger partial charge in [0, 0.05) is 13.1 Å². The van der Waals surface area contributed by atoms with E-state index in [1.165, 1.54) is 22.5 Å². The Bertz CT molecular complexity index is 942. The number of ether oxygens (including phenoxy) is 2. The normalized spacial score (nSPS) is 17.2. The first-order chi connectivity index (χ1) is 11.9. The number of halogens is 1. The average Bonchev–Trinajstić information content (AvgIpc) is 2.59. The number of rotatable bonds is 2. The molecule has 2 aromatic carbocycles. The van der Waals surface area contributed by atoms with E-state index >= 15 is 0 Å². The Kier molecular flexibility index (Phi) is 3.92. The van der Waals surface area contributed by atoms with E-state index in [-0.39, 0.29) is 11.4 Å². The van der Waals surface area contributed by atoms with Gasteiger partial charge in [-0.25, -0.2) is 12.8 Å². The molecule has 0 spiro atoms. The van der Waals surface area contributed by atoms with Crippen LogP contribution >= 0.6 is 0 Å². The molecule has 0 aromatic heterocycles. The van der Waals surface area contributed by atoms with Gasteiger partial charge in [0.25, 0.3) is 0 Å². The van der Waals surface area contributed by atoms with Crippen molar-refractivity contribution in [2.75, 3.05) is 19.8 Å². The molecule has 0 N–H and O–H groups in total. The van der Waals surface area contributed by atoms with Crippen LogP contribution in [0, 0.1) is 12.7 Å². The summed E-state index contributed by atoms with van der Waals surface area (Å²) in [6.45, 7) is 3.27. The lowest BCUT2D eigenvalue weighted by Crippen LogP contribution is -2.36. The Morgan fingerprint density at radius 1 is 1.04 bits per heavy atom. The summed E-state index contributed by atoms with van der Waals surface area (Å²) < 4.78 is 51.8.